The summed E-state index contributed by atoms with van der Waals surface area (Å²) >= 11 is 0. The van der Waals surface area contributed by atoms with Gasteiger partial charge in [-0.05, 0) is 68.9 Å². The van der Waals surface area contributed by atoms with E-state index >= 15 is 0 Å². The molecule has 1 aromatic rings. The minimum absolute atomic E-state index is 0.544. The summed E-state index contributed by atoms with van der Waals surface area (Å²) in [5.74, 6) is 1.76. The number of rotatable bonds is 2. The first-order valence-corrected chi connectivity index (χ1v) is 8.34. The van der Waals surface area contributed by atoms with Crippen LogP contribution in [0.4, 0.5) is 5.82 Å². The van der Waals surface area contributed by atoms with E-state index in [0.717, 1.165) is 30.1 Å². The zero-order valence-electron chi connectivity index (χ0n) is 13.2. The topological polar surface area (TPSA) is 39.9 Å². The molecule has 0 spiro atoms. The van der Waals surface area contributed by atoms with E-state index < -0.39 is 0 Å². The van der Waals surface area contributed by atoms with Crippen LogP contribution in [0.1, 0.15) is 62.3 Å². The summed E-state index contributed by atoms with van der Waals surface area (Å²) in [5.41, 5.74) is 3.29. The third-order valence-electron chi connectivity index (χ3n) is 5.27. The quantitative estimate of drug-likeness (QED) is 0.827. The van der Waals surface area contributed by atoms with Crippen LogP contribution in [0.2, 0.25) is 0 Å². The number of aryl methyl sites for hydroxylation is 2. The van der Waals surface area contributed by atoms with Crippen LogP contribution in [0, 0.1) is 17.2 Å². The molecule has 3 heteroatoms. The lowest BCUT2D eigenvalue weighted by atomic mass is 9.86. The highest BCUT2D eigenvalue weighted by molar-refractivity contribution is 5.56. The lowest BCUT2D eigenvalue weighted by Crippen LogP contribution is -2.36. The van der Waals surface area contributed by atoms with E-state index in [2.05, 4.69) is 31.0 Å². The fourth-order valence-corrected chi connectivity index (χ4v) is 3.78. The molecular formula is C18H25N3. The minimum atomic E-state index is 0.544. The van der Waals surface area contributed by atoms with Gasteiger partial charge >= 0.3 is 0 Å². The highest BCUT2D eigenvalue weighted by atomic mass is 15.2. The monoisotopic (exact) mass is 283 g/mol. The third-order valence-corrected chi connectivity index (χ3v) is 5.27. The first-order chi connectivity index (χ1) is 10.2. The highest BCUT2D eigenvalue weighted by Gasteiger charge is 2.25. The van der Waals surface area contributed by atoms with Gasteiger partial charge in [0.05, 0.1) is 5.56 Å². The van der Waals surface area contributed by atoms with Gasteiger partial charge in [0.25, 0.3) is 0 Å². The number of pyridine rings is 1. The molecule has 0 saturated heterocycles. The number of anilines is 1. The SMILES string of the molecule is CC1CCC(N(C)c2nc3c(cc2C#N)CCCC3)CC1. The van der Waals surface area contributed by atoms with Crippen molar-refractivity contribution in [3.8, 4) is 6.07 Å². The van der Waals surface area contributed by atoms with Gasteiger partial charge in [-0.15, -0.1) is 0 Å². The van der Waals surface area contributed by atoms with Crippen molar-refractivity contribution in [2.75, 3.05) is 11.9 Å². The predicted molar refractivity (Wildman–Crippen MR) is 85.4 cm³/mol. The molecule has 3 nitrogen and oxygen atoms in total. The van der Waals surface area contributed by atoms with E-state index in [1.54, 1.807) is 0 Å². The van der Waals surface area contributed by atoms with Crippen molar-refractivity contribution >= 4 is 5.82 Å². The van der Waals surface area contributed by atoms with E-state index in [-0.39, 0.29) is 0 Å². The summed E-state index contributed by atoms with van der Waals surface area (Å²) < 4.78 is 0. The van der Waals surface area contributed by atoms with Gasteiger partial charge in [-0.3, -0.25) is 0 Å². The Morgan fingerprint density at radius 3 is 2.62 bits per heavy atom. The maximum Gasteiger partial charge on any atom is 0.146 e. The molecule has 0 bridgehead atoms. The summed E-state index contributed by atoms with van der Waals surface area (Å²) in [5, 5.41) is 9.49. The zero-order chi connectivity index (χ0) is 14.8. The van der Waals surface area contributed by atoms with Crippen LogP contribution < -0.4 is 4.90 Å². The fraction of sp³-hybridized carbons (Fsp3) is 0.667. The van der Waals surface area contributed by atoms with Gasteiger partial charge in [-0.2, -0.15) is 5.26 Å². The van der Waals surface area contributed by atoms with Gasteiger partial charge in [0, 0.05) is 18.8 Å². The third kappa shape index (κ3) is 2.90. The predicted octanol–water partition coefficient (Wildman–Crippen LogP) is 3.85. The molecule has 2 aliphatic rings. The van der Waals surface area contributed by atoms with Crippen LogP contribution in [0.5, 0.6) is 0 Å². The van der Waals surface area contributed by atoms with Crippen LogP contribution in [0.25, 0.3) is 0 Å². The minimum Gasteiger partial charge on any atom is -0.356 e. The normalized spacial score (nSPS) is 25.0. The fourth-order valence-electron chi connectivity index (χ4n) is 3.78. The van der Waals surface area contributed by atoms with Crippen molar-refractivity contribution in [2.45, 2.75) is 64.3 Å². The molecule has 0 atom stereocenters. The molecule has 0 unspecified atom stereocenters. The van der Waals surface area contributed by atoms with E-state index in [1.807, 2.05) is 0 Å². The molecule has 3 rings (SSSR count). The standard InChI is InChI=1S/C18H25N3/c1-13-7-9-16(10-8-13)21(2)18-15(12-19)11-14-5-3-4-6-17(14)20-18/h11,13,16H,3-10H2,1-2H3. The molecule has 1 aromatic heterocycles. The van der Waals surface area contributed by atoms with E-state index in [9.17, 15) is 5.26 Å². The Morgan fingerprint density at radius 1 is 1.19 bits per heavy atom. The van der Waals surface area contributed by atoms with Gasteiger partial charge in [0.1, 0.15) is 11.9 Å². The summed E-state index contributed by atoms with van der Waals surface area (Å²) in [4.78, 5) is 7.16. The Labute approximate surface area is 128 Å². The molecule has 1 saturated carbocycles. The first kappa shape index (κ1) is 14.4. The summed E-state index contributed by atoms with van der Waals surface area (Å²) in [6.07, 6.45) is 9.66. The number of aromatic nitrogens is 1. The Morgan fingerprint density at radius 2 is 1.90 bits per heavy atom. The van der Waals surface area contributed by atoms with Crippen molar-refractivity contribution in [1.82, 2.24) is 4.98 Å². The second-order valence-electron chi connectivity index (χ2n) is 6.81. The molecule has 0 amide bonds. The molecule has 0 radical (unpaired) electrons. The van der Waals surface area contributed by atoms with E-state index in [0.29, 0.717) is 6.04 Å². The lowest BCUT2D eigenvalue weighted by Gasteiger charge is -2.35. The maximum atomic E-state index is 9.49. The Balaban J connectivity index is 1.88. The Kier molecular flexibility index (Phi) is 4.14. The number of hydrogen-bond donors (Lipinski definition) is 0. The number of nitriles is 1. The summed E-state index contributed by atoms with van der Waals surface area (Å²) in [6, 6.07) is 5.01. The number of hydrogen-bond acceptors (Lipinski definition) is 3. The van der Waals surface area contributed by atoms with Crippen molar-refractivity contribution in [2.24, 2.45) is 5.92 Å². The Bertz CT molecular complexity index is 550. The average molecular weight is 283 g/mol. The van der Waals surface area contributed by atoms with Crippen LogP contribution in [-0.4, -0.2) is 18.1 Å². The zero-order valence-corrected chi connectivity index (χ0v) is 13.2. The van der Waals surface area contributed by atoms with Crippen molar-refractivity contribution in [1.29, 1.82) is 5.26 Å². The summed E-state index contributed by atoms with van der Waals surface area (Å²) in [6.45, 7) is 2.34. The van der Waals surface area contributed by atoms with Crippen molar-refractivity contribution in [3.05, 3.63) is 22.9 Å². The van der Waals surface area contributed by atoms with Gasteiger partial charge in [0.15, 0.2) is 0 Å². The molecule has 1 fully saturated rings. The maximum absolute atomic E-state index is 9.49. The molecule has 1 heterocycles. The van der Waals surface area contributed by atoms with Gasteiger partial charge in [-0.1, -0.05) is 6.92 Å². The average Bonchev–Trinajstić information content (AvgIpc) is 2.53. The van der Waals surface area contributed by atoms with Crippen LogP contribution >= 0.6 is 0 Å². The van der Waals surface area contributed by atoms with Gasteiger partial charge in [0.2, 0.25) is 0 Å². The van der Waals surface area contributed by atoms with Gasteiger partial charge in [-0.25, -0.2) is 4.98 Å². The van der Waals surface area contributed by atoms with Gasteiger partial charge < -0.3 is 4.90 Å². The number of fused-ring (bicyclic) bond motifs is 1. The van der Waals surface area contributed by atoms with E-state index in [4.69, 9.17) is 4.98 Å². The lowest BCUT2D eigenvalue weighted by molar-refractivity contribution is 0.339. The van der Waals surface area contributed by atoms with Crippen LogP contribution in [0.15, 0.2) is 6.07 Å². The molecular weight excluding hydrogens is 258 g/mol. The molecule has 0 N–H and O–H groups in total. The molecule has 2 aliphatic carbocycles. The molecule has 0 aliphatic heterocycles. The first-order valence-electron chi connectivity index (χ1n) is 8.34. The van der Waals surface area contributed by atoms with Crippen LogP contribution in [0.3, 0.4) is 0 Å². The largest absolute Gasteiger partial charge is 0.356 e. The van der Waals surface area contributed by atoms with E-state index in [1.165, 1.54) is 49.8 Å². The number of nitrogens with zero attached hydrogens (tertiary/aromatic N) is 3. The molecule has 0 aromatic carbocycles. The van der Waals surface area contributed by atoms with Crippen molar-refractivity contribution in [3.63, 3.8) is 0 Å². The Hall–Kier alpha value is -1.56. The second kappa shape index (κ2) is 6.05. The van der Waals surface area contributed by atoms with Crippen molar-refractivity contribution < 1.29 is 0 Å². The smallest absolute Gasteiger partial charge is 0.146 e. The highest BCUT2D eigenvalue weighted by Crippen LogP contribution is 2.32. The van der Waals surface area contributed by atoms with Crippen LogP contribution in [-0.2, 0) is 12.8 Å². The summed E-state index contributed by atoms with van der Waals surface area (Å²) in [7, 11) is 2.12. The molecule has 21 heavy (non-hydrogen) atoms. The second-order valence-corrected chi connectivity index (χ2v) is 6.81. The molecule has 112 valence electrons.